The van der Waals surface area contributed by atoms with E-state index in [0.29, 0.717) is 12.5 Å². The number of H-pyrrole nitrogens is 1. The van der Waals surface area contributed by atoms with Gasteiger partial charge in [-0.15, -0.1) is 0 Å². The molecule has 5 rings (SSSR count). The summed E-state index contributed by atoms with van der Waals surface area (Å²) in [5, 5.41) is 3.28. The maximum absolute atomic E-state index is 13.7. The van der Waals surface area contributed by atoms with Crippen molar-refractivity contribution < 1.29 is 4.79 Å². The number of hydrogen-bond acceptors (Lipinski definition) is 5. The molecule has 0 saturated carbocycles. The van der Waals surface area contributed by atoms with Crippen molar-refractivity contribution in [3.05, 3.63) is 84.1 Å². The Morgan fingerprint density at radius 2 is 1.65 bits per heavy atom. The first-order chi connectivity index (χ1) is 17.9. The summed E-state index contributed by atoms with van der Waals surface area (Å²) in [6, 6.07) is 18.4. The number of imidazole rings is 1. The van der Waals surface area contributed by atoms with Crippen molar-refractivity contribution in [1.29, 1.82) is 0 Å². The van der Waals surface area contributed by atoms with Crippen LogP contribution in [0, 0.1) is 19.8 Å². The lowest BCUT2D eigenvalue weighted by Crippen LogP contribution is -2.45. The Balaban J connectivity index is 1.32. The highest BCUT2D eigenvalue weighted by molar-refractivity contribution is 5.85. The van der Waals surface area contributed by atoms with Crippen molar-refractivity contribution in [3.8, 4) is 22.4 Å². The number of aromatic nitrogens is 4. The van der Waals surface area contributed by atoms with Crippen molar-refractivity contribution in [2.24, 2.45) is 5.92 Å². The molecule has 1 aliphatic heterocycles. The lowest BCUT2D eigenvalue weighted by atomic mass is 10.0. The van der Waals surface area contributed by atoms with Crippen LogP contribution in [0.15, 0.2) is 67.0 Å². The molecular formula is C30H34N6O. The molecule has 3 heterocycles. The fraction of sp³-hybridized carbons (Fsp3) is 0.333. The summed E-state index contributed by atoms with van der Waals surface area (Å²) in [7, 11) is 0. The highest BCUT2D eigenvalue weighted by atomic mass is 16.2. The second-order valence-corrected chi connectivity index (χ2v) is 10.2. The summed E-state index contributed by atoms with van der Waals surface area (Å²) in [6.45, 7) is 8.81. The van der Waals surface area contributed by atoms with Crippen LogP contribution >= 0.6 is 0 Å². The maximum atomic E-state index is 13.7. The van der Waals surface area contributed by atoms with Crippen LogP contribution in [-0.4, -0.2) is 43.3 Å². The van der Waals surface area contributed by atoms with Crippen molar-refractivity contribution in [3.63, 3.8) is 0 Å². The molecule has 1 saturated heterocycles. The summed E-state index contributed by atoms with van der Waals surface area (Å²) in [4.78, 5) is 32.6. The van der Waals surface area contributed by atoms with Gasteiger partial charge in [0.05, 0.1) is 17.9 Å². The summed E-state index contributed by atoms with van der Waals surface area (Å²) < 4.78 is 0. The van der Waals surface area contributed by atoms with Crippen LogP contribution in [0.5, 0.6) is 0 Å². The third-order valence-corrected chi connectivity index (χ3v) is 7.04. The molecule has 37 heavy (non-hydrogen) atoms. The van der Waals surface area contributed by atoms with Gasteiger partial charge in [-0.1, -0.05) is 67.9 Å². The van der Waals surface area contributed by atoms with E-state index >= 15 is 0 Å². The first kappa shape index (κ1) is 24.7. The minimum Gasteiger partial charge on any atom is -0.342 e. The van der Waals surface area contributed by atoms with Gasteiger partial charge in [0, 0.05) is 18.4 Å². The number of aromatic amines is 1. The number of benzene rings is 2. The Hall–Kier alpha value is -4.00. The molecule has 0 spiro atoms. The van der Waals surface area contributed by atoms with Crippen molar-refractivity contribution in [1.82, 2.24) is 24.8 Å². The number of rotatable bonds is 7. The largest absolute Gasteiger partial charge is 0.342 e. The van der Waals surface area contributed by atoms with Crippen LogP contribution in [0.2, 0.25) is 0 Å². The third-order valence-electron chi connectivity index (χ3n) is 7.04. The van der Waals surface area contributed by atoms with Gasteiger partial charge in [0.1, 0.15) is 11.9 Å². The number of carbonyl (C=O) groups is 1. The molecule has 7 nitrogen and oxygen atoms in total. The molecule has 1 amide bonds. The van der Waals surface area contributed by atoms with Crippen LogP contribution in [0.3, 0.4) is 0 Å². The van der Waals surface area contributed by atoms with Gasteiger partial charge < -0.3 is 15.2 Å². The van der Waals surface area contributed by atoms with Crippen LogP contribution in [0.25, 0.3) is 22.4 Å². The number of likely N-dealkylation sites (tertiary alicyclic amines) is 1. The predicted octanol–water partition coefficient (Wildman–Crippen LogP) is 5.95. The van der Waals surface area contributed by atoms with Crippen molar-refractivity contribution in [2.75, 3.05) is 11.9 Å². The molecular weight excluding hydrogens is 460 g/mol. The molecule has 2 aromatic carbocycles. The molecule has 7 heteroatoms. The Morgan fingerprint density at radius 1 is 0.973 bits per heavy atom. The molecule has 0 aliphatic carbocycles. The molecule has 0 unspecified atom stereocenters. The Labute approximate surface area is 218 Å². The minimum atomic E-state index is -0.411. The van der Waals surface area contributed by atoms with E-state index in [4.69, 9.17) is 4.98 Å². The van der Waals surface area contributed by atoms with Gasteiger partial charge in [-0.05, 0) is 55.4 Å². The summed E-state index contributed by atoms with van der Waals surface area (Å²) in [5.41, 5.74) is 6.53. The maximum Gasteiger partial charge on any atom is 0.246 e. The Kier molecular flexibility index (Phi) is 7.04. The van der Waals surface area contributed by atoms with Crippen LogP contribution < -0.4 is 5.32 Å². The normalized spacial score (nSPS) is 16.2. The van der Waals surface area contributed by atoms with Crippen molar-refractivity contribution in [2.45, 2.75) is 52.6 Å². The highest BCUT2D eigenvalue weighted by Gasteiger charge is 2.37. The topological polar surface area (TPSA) is 86.8 Å². The smallest absolute Gasteiger partial charge is 0.246 e. The molecule has 4 aromatic rings. The molecule has 1 aliphatic rings. The van der Waals surface area contributed by atoms with E-state index in [9.17, 15) is 4.79 Å². The standard InChI is InChI=1S/C30H34N6O/c1-19(2)27(35-30-31-16-15-21(4)33-30)29(37)36-17-5-6-26(36)28-32-18-25(34-28)24-13-11-23(12-14-24)22-9-7-20(3)8-10-22/h7-16,18-19,26-27H,5-6,17H2,1-4H3,(H,32,34)(H,31,33,35)/t26-,27-/m0/s1. The number of aryl methyl sites for hydroxylation is 2. The number of carbonyl (C=O) groups excluding carboxylic acids is 1. The zero-order valence-corrected chi connectivity index (χ0v) is 21.9. The quantitative estimate of drug-likeness (QED) is 0.331. The highest BCUT2D eigenvalue weighted by Crippen LogP contribution is 2.33. The van der Waals surface area contributed by atoms with E-state index in [1.807, 2.05) is 37.9 Å². The van der Waals surface area contributed by atoms with E-state index in [-0.39, 0.29) is 17.9 Å². The summed E-state index contributed by atoms with van der Waals surface area (Å²) in [5.74, 6) is 1.45. The first-order valence-electron chi connectivity index (χ1n) is 13.0. The van der Waals surface area contributed by atoms with Gasteiger partial charge in [0.2, 0.25) is 11.9 Å². The number of amides is 1. The van der Waals surface area contributed by atoms with Gasteiger partial charge in [0.15, 0.2) is 0 Å². The second kappa shape index (κ2) is 10.5. The van der Waals surface area contributed by atoms with E-state index in [1.54, 1.807) is 6.20 Å². The molecule has 0 radical (unpaired) electrons. The Bertz CT molecular complexity index is 1360. The van der Waals surface area contributed by atoms with Gasteiger partial charge in [-0.2, -0.15) is 0 Å². The van der Waals surface area contributed by atoms with Gasteiger partial charge in [0.25, 0.3) is 0 Å². The van der Waals surface area contributed by atoms with E-state index in [1.165, 1.54) is 16.7 Å². The van der Waals surface area contributed by atoms with Crippen molar-refractivity contribution >= 4 is 11.9 Å². The number of nitrogens with one attached hydrogen (secondary N) is 2. The molecule has 190 valence electrons. The average Bonchev–Trinajstić information content (AvgIpc) is 3.57. The summed E-state index contributed by atoms with van der Waals surface area (Å²) in [6.07, 6.45) is 5.42. The monoisotopic (exact) mass is 494 g/mol. The lowest BCUT2D eigenvalue weighted by molar-refractivity contribution is -0.134. The number of anilines is 1. The van der Waals surface area contributed by atoms with Gasteiger partial charge >= 0.3 is 0 Å². The SMILES string of the molecule is Cc1ccc(-c2ccc(-c3cnc([C@@H]4CCCN4C(=O)[C@@H](Nc4nccc(C)n4)C(C)C)[nH]3)cc2)cc1. The molecule has 2 atom stereocenters. The zero-order valence-electron chi connectivity index (χ0n) is 21.9. The Morgan fingerprint density at radius 3 is 2.32 bits per heavy atom. The fourth-order valence-electron chi connectivity index (χ4n) is 4.91. The molecule has 2 N–H and O–H groups in total. The van der Waals surface area contributed by atoms with Gasteiger partial charge in [-0.3, -0.25) is 4.79 Å². The van der Waals surface area contributed by atoms with E-state index in [0.717, 1.165) is 35.6 Å². The van der Waals surface area contributed by atoms with Crippen LogP contribution in [0.1, 0.15) is 49.8 Å². The fourth-order valence-corrected chi connectivity index (χ4v) is 4.91. The van der Waals surface area contributed by atoms with E-state index in [2.05, 4.69) is 75.7 Å². The molecule has 1 fully saturated rings. The first-order valence-corrected chi connectivity index (χ1v) is 13.0. The minimum absolute atomic E-state index is 0.0583. The van der Waals surface area contributed by atoms with Crippen LogP contribution in [0.4, 0.5) is 5.95 Å². The molecule has 2 aromatic heterocycles. The third kappa shape index (κ3) is 5.40. The number of hydrogen-bond donors (Lipinski definition) is 2. The zero-order chi connectivity index (χ0) is 25.9. The number of nitrogens with zero attached hydrogens (tertiary/aromatic N) is 4. The average molecular weight is 495 g/mol. The predicted molar refractivity (Wildman–Crippen MR) is 147 cm³/mol. The summed E-state index contributed by atoms with van der Waals surface area (Å²) >= 11 is 0. The molecule has 0 bridgehead atoms. The van der Waals surface area contributed by atoms with Crippen LogP contribution in [-0.2, 0) is 4.79 Å². The lowest BCUT2D eigenvalue weighted by Gasteiger charge is -2.30. The van der Waals surface area contributed by atoms with E-state index < -0.39 is 6.04 Å². The van der Waals surface area contributed by atoms with Gasteiger partial charge in [-0.25, -0.2) is 15.0 Å². The second-order valence-electron chi connectivity index (χ2n) is 10.2.